The maximum absolute atomic E-state index is 5.47. The molecule has 6 heteroatoms. The average molecular weight is 266 g/mol. The third-order valence-electron chi connectivity index (χ3n) is 2.38. The highest BCUT2D eigenvalue weighted by molar-refractivity contribution is 7.11. The summed E-state index contributed by atoms with van der Waals surface area (Å²) in [4.78, 5) is 2.57. The van der Waals surface area contributed by atoms with Crippen LogP contribution in [0.4, 0.5) is 6.01 Å². The topological polar surface area (TPSA) is 63.0 Å². The largest absolute Gasteiger partial charge is 0.407 e. The predicted octanol–water partition coefficient (Wildman–Crippen LogP) is 2.55. The molecule has 98 valence electrons. The van der Waals surface area contributed by atoms with Crippen LogP contribution in [0.15, 0.2) is 16.5 Å². The molecule has 0 saturated heterocycles. The fraction of sp³-hybridized carbons (Fsp3) is 0.500. The number of hydrogen-bond donors (Lipinski definition) is 2. The van der Waals surface area contributed by atoms with E-state index in [1.54, 1.807) is 11.3 Å². The molecule has 5 nitrogen and oxygen atoms in total. The number of nitrogens with zero attached hydrogens (tertiary/aromatic N) is 2. The number of nitrogens with one attached hydrogen (secondary N) is 2. The van der Waals surface area contributed by atoms with Crippen LogP contribution in [0.25, 0.3) is 0 Å². The van der Waals surface area contributed by atoms with Gasteiger partial charge in [-0.15, -0.1) is 16.4 Å². The summed E-state index contributed by atoms with van der Waals surface area (Å²) in [6, 6.07) is 4.69. The van der Waals surface area contributed by atoms with Gasteiger partial charge in [0.25, 0.3) is 0 Å². The molecule has 0 aliphatic heterocycles. The minimum absolute atomic E-state index is 0.481. The van der Waals surface area contributed by atoms with Crippen molar-refractivity contribution in [2.75, 3.05) is 11.9 Å². The summed E-state index contributed by atoms with van der Waals surface area (Å²) in [5.74, 6) is 0.619. The zero-order chi connectivity index (χ0) is 12.8. The van der Waals surface area contributed by atoms with E-state index < -0.39 is 0 Å². The highest BCUT2D eigenvalue weighted by atomic mass is 32.1. The van der Waals surface area contributed by atoms with Crippen molar-refractivity contribution in [2.24, 2.45) is 0 Å². The molecule has 2 rings (SSSR count). The lowest BCUT2D eigenvalue weighted by Crippen LogP contribution is -2.13. The van der Waals surface area contributed by atoms with E-state index >= 15 is 0 Å². The van der Waals surface area contributed by atoms with Gasteiger partial charge in [-0.25, -0.2) is 0 Å². The van der Waals surface area contributed by atoms with Gasteiger partial charge in [0.15, 0.2) is 0 Å². The molecular formula is C12H18N4OS. The Bertz CT molecular complexity index is 480. The Labute approximate surface area is 111 Å². The van der Waals surface area contributed by atoms with Gasteiger partial charge >= 0.3 is 6.01 Å². The highest BCUT2D eigenvalue weighted by Gasteiger charge is 2.05. The van der Waals surface area contributed by atoms with E-state index in [2.05, 4.69) is 46.8 Å². The van der Waals surface area contributed by atoms with E-state index in [0.29, 0.717) is 18.5 Å². The Kier molecular flexibility index (Phi) is 4.72. The van der Waals surface area contributed by atoms with Gasteiger partial charge in [0, 0.05) is 9.75 Å². The van der Waals surface area contributed by atoms with Gasteiger partial charge in [0.2, 0.25) is 5.89 Å². The van der Waals surface area contributed by atoms with Crippen molar-refractivity contribution in [3.8, 4) is 0 Å². The molecule has 0 spiro atoms. The molecule has 0 aliphatic carbocycles. The molecule has 0 aliphatic rings. The summed E-state index contributed by atoms with van der Waals surface area (Å²) in [7, 11) is 0. The van der Waals surface area contributed by atoms with Gasteiger partial charge in [0.1, 0.15) is 0 Å². The number of aromatic nitrogens is 2. The van der Waals surface area contributed by atoms with Crippen LogP contribution in [0.5, 0.6) is 0 Å². The molecule has 0 fully saturated rings. The molecule has 2 aromatic rings. The lowest BCUT2D eigenvalue weighted by Gasteiger charge is -1.98. The van der Waals surface area contributed by atoms with Gasteiger partial charge < -0.3 is 15.1 Å². The van der Waals surface area contributed by atoms with Gasteiger partial charge in [-0.2, -0.15) is 0 Å². The molecule has 0 amide bonds. The molecule has 0 bridgehead atoms. The lowest BCUT2D eigenvalue weighted by atomic mass is 10.4. The molecule has 0 radical (unpaired) electrons. The lowest BCUT2D eigenvalue weighted by molar-refractivity contribution is 0.477. The van der Waals surface area contributed by atoms with E-state index in [9.17, 15) is 0 Å². The minimum atomic E-state index is 0.481. The van der Waals surface area contributed by atoms with Crippen LogP contribution in [-0.4, -0.2) is 16.7 Å². The number of rotatable bonds is 7. The first kappa shape index (κ1) is 13.0. The summed E-state index contributed by atoms with van der Waals surface area (Å²) in [6.07, 6.45) is 1.09. The van der Waals surface area contributed by atoms with Crippen LogP contribution in [0, 0.1) is 6.92 Å². The Hall–Kier alpha value is -1.40. The second-order valence-electron chi connectivity index (χ2n) is 4.04. The normalized spacial score (nSPS) is 10.8. The van der Waals surface area contributed by atoms with Crippen LogP contribution in [0.2, 0.25) is 0 Å². The maximum atomic E-state index is 5.47. The zero-order valence-corrected chi connectivity index (χ0v) is 11.5. The first-order valence-corrected chi connectivity index (χ1v) is 6.92. The minimum Gasteiger partial charge on any atom is -0.407 e. The van der Waals surface area contributed by atoms with E-state index in [4.69, 9.17) is 4.42 Å². The fourth-order valence-corrected chi connectivity index (χ4v) is 2.34. The van der Waals surface area contributed by atoms with E-state index in [1.165, 1.54) is 9.75 Å². The summed E-state index contributed by atoms with van der Waals surface area (Å²) in [5, 5.41) is 14.3. The van der Waals surface area contributed by atoms with Crippen LogP contribution in [0.3, 0.4) is 0 Å². The molecule has 2 aromatic heterocycles. The van der Waals surface area contributed by atoms with Crippen LogP contribution >= 0.6 is 11.3 Å². The van der Waals surface area contributed by atoms with E-state index in [-0.39, 0.29) is 0 Å². The third kappa shape index (κ3) is 3.82. The average Bonchev–Trinajstić information content (AvgIpc) is 2.96. The monoisotopic (exact) mass is 266 g/mol. The van der Waals surface area contributed by atoms with E-state index in [1.807, 2.05) is 0 Å². The third-order valence-corrected chi connectivity index (χ3v) is 3.38. The number of hydrogen-bond acceptors (Lipinski definition) is 6. The van der Waals surface area contributed by atoms with Gasteiger partial charge in [0.05, 0.1) is 13.1 Å². The second kappa shape index (κ2) is 6.51. The Balaban J connectivity index is 1.79. The Morgan fingerprint density at radius 1 is 1.28 bits per heavy atom. The van der Waals surface area contributed by atoms with E-state index in [0.717, 1.165) is 19.5 Å². The summed E-state index contributed by atoms with van der Waals surface area (Å²) >= 11 is 1.77. The summed E-state index contributed by atoms with van der Waals surface area (Å²) < 4.78 is 5.47. The van der Waals surface area contributed by atoms with Crippen LogP contribution < -0.4 is 10.6 Å². The van der Waals surface area contributed by atoms with Crippen molar-refractivity contribution in [2.45, 2.75) is 33.4 Å². The smallest absolute Gasteiger partial charge is 0.315 e. The molecule has 2 N–H and O–H groups in total. The van der Waals surface area contributed by atoms with Gasteiger partial charge in [-0.1, -0.05) is 12.0 Å². The molecule has 0 atom stereocenters. The van der Waals surface area contributed by atoms with Gasteiger partial charge in [-0.3, -0.25) is 0 Å². The predicted molar refractivity (Wildman–Crippen MR) is 72.7 cm³/mol. The quantitative estimate of drug-likeness (QED) is 0.754. The molecule has 2 heterocycles. The SMILES string of the molecule is CCCNCc1nnc(NCc2ccc(C)s2)o1. The molecular weight excluding hydrogens is 248 g/mol. The van der Waals surface area contributed by atoms with Crippen molar-refractivity contribution < 1.29 is 4.42 Å². The van der Waals surface area contributed by atoms with Crippen molar-refractivity contribution in [3.63, 3.8) is 0 Å². The number of aryl methyl sites for hydroxylation is 1. The molecule has 0 unspecified atom stereocenters. The summed E-state index contributed by atoms with van der Waals surface area (Å²) in [6.45, 7) is 6.53. The first-order valence-electron chi connectivity index (χ1n) is 6.10. The van der Waals surface area contributed by atoms with Crippen molar-refractivity contribution in [1.29, 1.82) is 0 Å². The van der Waals surface area contributed by atoms with Crippen LogP contribution in [-0.2, 0) is 13.1 Å². The maximum Gasteiger partial charge on any atom is 0.315 e. The Morgan fingerprint density at radius 2 is 2.17 bits per heavy atom. The highest BCUT2D eigenvalue weighted by Crippen LogP contribution is 2.16. The van der Waals surface area contributed by atoms with Crippen molar-refractivity contribution >= 4 is 17.4 Å². The molecule has 0 aromatic carbocycles. The number of anilines is 1. The van der Waals surface area contributed by atoms with Gasteiger partial charge in [-0.05, 0) is 32.0 Å². The number of thiophene rings is 1. The van der Waals surface area contributed by atoms with Crippen molar-refractivity contribution in [3.05, 3.63) is 27.8 Å². The molecule has 18 heavy (non-hydrogen) atoms. The molecule has 0 saturated carbocycles. The Morgan fingerprint density at radius 3 is 2.89 bits per heavy atom. The second-order valence-corrected chi connectivity index (χ2v) is 5.42. The van der Waals surface area contributed by atoms with Crippen molar-refractivity contribution in [1.82, 2.24) is 15.5 Å². The summed E-state index contributed by atoms with van der Waals surface area (Å²) in [5.41, 5.74) is 0. The van der Waals surface area contributed by atoms with Crippen LogP contribution in [0.1, 0.15) is 29.0 Å². The first-order chi connectivity index (χ1) is 8.78. The fourth-order valence-electron chi connectivity index (χ4n) is 1.51. The standard InChI is InChI=1S/C12H18N4OS/c1-3-6-13-8-11-15-16-12(17-11)14-7-10-5-4-9(2)18-10/h4-5,13H,3,6-8H2,1-2H3,(H,14,16). The zero-order valence-electron chi connectivity index (χ0n) is 10.7.